The fourth-order valence-corrected chi connectivity index (χ4v) is 2.39. The lowest BCUT2D eigenvalue weighted by atomic mass is 10.1. The lowest BCUT2D eigenvalue weighted by molar-refractivity contribution is -0.137. The fourth-order valence-electron chi connectivity index (χ4n) is 2.39. The van der Waals surface area contributed by atoms with Crippen LogP contribution in [0.1, 0.15) is 25.5 Å². The molecule has 25 heavy (non-hydrogen) atoms. The number of nitrogens with zero attached hydrogens (tertiary/aromatic N) is 2. The van der Waals surface area contributed by atoms with Crippen molar-refractivity contribution in [3.8, 4) is 0 Å². The van der Waals surface area contributed by atoms with E-state index < -0.39 is 48.7 Å². The molecule has 4 atom stereocenters. The third kappa shape index (κ3) is 4.60. The number of ether oxygens (including phenoxy) is 1. The van der Waals surface area contributed by atoms with Crippen molar-refractivity contribution in [1.29, 1.82) is 0 Å². The summed E-state index contributed by atoms with van der Waals surface area (Å²) in [5, 5.41) is 39.5. The summed E-state index contributed by atoms with van der Waals surface area (Å²) < 4.78 is 6.16. The highest BCUT2D eigenvalue weighted by molar-refractivity contribution is 5.89. The van der Waals surface area contributed by atoms with Crippen molar-refractivity contribution >= 4 is 17.7 Å². The quantitative estimate of drug-likeness (QED) is 0.372. The Labute approximate surface area is 141 Å². The van der Waals surface area contributed by atoms with Gasteiger partial charge >= 0.3 is 11.7 Å². The molecule has 0 saturated carbocycles. The molecule has 0 spiro atoms. The Kier molecular flexibility index (Phi) is 6.20. The van der Waals surface area contributed by atoms with Gasteiger partial charge < -0.3 is 30.5 Å². The average molecular weight is 357 g/mol. The summed E-state index contributed by atoms with van der Waals surface area (Å²) >= 11 is 0. The van der Waals surface area contributed by atoms with Crippen LogP contribution in [0, 0.1) is 0 Å². The number of carbonyl (C=O) groups is 2. The van der Waals surface area contributed by atoms with Crippen molar-refractivity contribution < 1.29 is 34.8 Å². The molecule has 1 fully saturated rings. The number of aliphatic carboxylic acids is 1. The van der Waals surface area contributed by atoms with Crippen LogP contribution in [0.2, 0.25) is 0 Å². The number of aromatic nitrogens is 2. The van der Waals surface area contributed by atoms with E-state index in [1.807, 2.05) is 0 Å². The molecule has 0 aromatic carbocycles. The summed E-state index contributed by atoms with van der Waals surface area (Å²) in [7, 11) is 0. The second-order valence-electron chi connectivity index (χ2n) is 5.53. The highest BCUT2D eigenvalue weighted by atomic mass is 16.6. The second-order valence-corrected chi connectivity index (χ2v) is 5.53. The first-order chi connectivity index (χ1) is 11.8. The lowest BCUT2D eigenvalue weighted by Gasteiger charge is -2.17. The number of hydrogen-bond donors (Lipinski definition) is 5. The summed E-state index contributed by atoms with van der Waals surface area (Å²) in [4.78, 5) is 37.7. The molecule has 0 aliphatic carbocycles. The molecular formula is C14H19N3O8. The van der Waals surface area contributed by atoms with Crippen LogP contribution < -0.4 is 11.0 Å². The summed E-state index contributed by atoms with van der Waals surface area (Å²) in [6.45, 7) is -0.526. The minimum absolute atomic E-state index is 0.0340. The SMILES string of the molecule is O=C(O)CCCC(=O)Nc1ccn([C@@H]2O[C@H](CO)[C@@H](O)[C@@H]2O)c(=O)n1. The molecule has 2 rings (SSSR count). The summed E-state index contributed by atoms with van der Waals surface area (Å²) in [5.74, 6) is -1.53. The van der Waals surface area contributed by atoms with Gasteiger partial charge in [0.25, 0.3) is 0 Å². The maximum atomic E-state index is 12.0. The smallest absolute Gasteiger partial charge is 0.351 e. The number of carboxylic acid groups (broad SMARTS) is 1. The van der Waals surface area contributed by atoms with Crippen LogP contribution >= 0.6 is 0 Å². The number of hydrogen-bond acceptors (Lipinski definition) is 8. The van der Waals surface area contributed by atoms with Crippen LogP contribution in [0.4, 0.5) is 5.82 Å². The van der Waals surface area contributed by atoms with E-state index in [2.05, 4.69) is 10.3 Å². The number of carbonyl (C=O) groups excluding carboxylic acids is 1. The molecule has 1 aromatic heterocycles. The van der Waals surface area contributed by atoms with Gasteiger partial charge in [0.15, 0.2) is 6.23 Å². The molecule has 5 N–H and O–H groups in total. The largest absolute Gasteiger partial charge is 0.481 e. The minimum atomic E-state index is -1.42. The number of nitrogens with one attached hydrogen (secondary N) is 1. The molecule has 1 saturated heterocycles. The predicted octanol–water partition coefficient (Wildman–Crippen LogP) is -1.95. The fraction of sp³-hybridized carbons (Fsp3) is 0.571. The lowest BCUT2D eigenvalue weighted by Crippen LogP contribution is -2.36. The van der Waals surface area contributed by atoms with Gasteiger partial charge in [-0.15, -0.1) is 0 Å². The summed E-state index contributed by atoms with van der Waals surface area (Å²) in [6.07, 6.45) is -3.82. The van der Waals surface area contributed by atoms with Crippen molar-refractivity contribution in [2.24, 2.45) is 0 Å². The van der Waals surface area contributed by atoms with Gasteiger partial charge in [-0.05, 0) is 12.5 Å². The number of carboxylic acids is 1. The summed E-state index contributed by atoms with van der Waals surface area (Å²) in [6, 6.07) is 1.30. The minimum Gasteiger partial charge on any atom is -0.481 e. The molecule has 2 heterocycles. The Balaban J connectivity index is 2.02. The van der Waals surface area contributed by atoms with Crippen molar-refractivity contribution in [3.63, 3.8) is 0 Å². The molecule has 1 aliphatic rings. The van der Waals surface area contributed by atoms with Crippen LogP contribution in [0.15, 0.2) is 17.1 Å². The highest BCUT2D eigenvalue weighted by Gasteiger charge is 2.43. The molecular weight excluding hydrogens is 338 g/mol. The van der Waals surface area contributed by atoms with Crippen LogP contribution in [0.5, 0.6) is 0 Å². The normalized spacial score (nSPS) is 25.7. The molecule has 11 heteroatoms. The van der Waals surface area contributed by atoms with Gasteiger partial charge in [0.1, 0.15) is 24.1 Å². The van der Waals surface area contributed by atoms with E-state index in [1.54, 1.807) is 0 Å². The number of amides is 1. The first-order valence-corrected chi connectivity index (χ1v) is 7.56. The van der Waals surface area contributed by atoms with Gasteiger partial charge in [0.05, 0.1) is 6.61 Å². The van der Waals surface area contributed by atoms with Crippen LogP contribution in [-0.2, 0) is 14.3 Å². The van der Waals surface area contributed by atoms with Gasteiger partial charge in [-0.1, -0.05) is 0 Å². The number of aliphatic hydroxyl groups excluding tert-OH is 3. The Morgan fingerprint density at radius 2 is 2.00 bits per heavy atom. The van der Waals surface area contributed by atoms with E-state index in [9.17, 15) is 24.6 Å². The Morgan fingerprint density at radius 3 is 2.56 bits per heavy atom. The van der Waals surface area contributed by atoms with Crippen molar-refractivity contribution in [2.75, 3.05) is 11.9 Å². The van der Waals surface area contributed by atoms with E-state index in [1.165, 1.54) is 12.3 Å². The van der Waals surface area contributed by atoms with Crippen molar-refractivity contribution in [2.45, 2.75) is 43.8 Å². The standard InChI is InChI=1S/C14H19N3O8/c18-6-7-11(22)12(23)13(25-7)17-5-4-8(16-14(17)24)15-9(19)2-1-3-10(20)21/h4-5,7,11-13,18,22-23H,1-3,6H2,(H,20,21)(H,15,16,19,24)/t7-,11-,12+,13-/m1/s1. The molecule has 1 aromatic rings. The van der Waals surface area contributed by atoms with Gasteiger partial charge in [0.2, 0.25) is 5.91 Å². The first-order valence-electron chi connectivity index (χ1n) is 7.56. The Morgan fingerprint density at radius 1 is 1.28 bits per heavy atom. The van der Waals surface area contributed by atoms with Gasteiger partial charge in [-0.25, -0.2) is 4.79 Å². The zero-order valence-electron chi connectivity index (χ0n) is 13.1. The van der Waals surface area contributed by atoms with Gasteiger partial charge in [-0.2, -0.15) is 4.98 Å². The molecule has 1 amide bonds. The number of rotatable bonds is 7. The molecule has 1 aliphatic heterocycles. The van der Waals surface area contributed by atoms with E-state index in [0.29, 0.717) is 0 Å². The van der Waals surface area contributed by atoms with Crippen molar-refractivity contribution in [1.82, 2.24) is 9.55 Å². The molecule has 138 valence electrons. The topological polar surface area (TPSA) is 171 Å². The first kappa shape index (κ1) is 19.0. The van der Waals surface area contributed by atoms with E-state index in [0.717, 1.165) is 4.57 Å². The molecule has 11 nitrogen and oxygen atoms in total. The molecule has 0 bridgehead atoms. The van der Waals surface area contributed by atoms with Crippen LogP contribution in [0.25, 0.3) is 0 Å². The van der Waals surface area contributed by atoms with Crippen LogP contribution in [0.3, 0.4) is 0 Å². The van der Waals surface area contributed by atoms with Crippen molar-refractivity contribution in [3.05, 3.63) is 22.7 Å². The van der Waals surface area contributed by atoms with Gasteiger partial charge in [-0.3, -0.25) is 14.2 Å². The Bertz CT molecular complexity index is 691. The Hall–Kier alpha value is -2.34. The van der Waals surface area contributed by atoms with E-state index >= 15 is 0 Å². The monoisotopic (exact) mass is 357 g/mol. The molecule has 0 unspecified atom stereocenters. The maximum Gasteiger partial charge on any atom is 0.351 e. The summed E-state index contributed by atoms with van der Waals surface area (Å²) in [5.41, 5.74) is -0.835. The third-order valence-corrected chi connectivity index (χ3v) is 3.68. The average Bonchev–Trinajstić information content (AvgIpc) is 2.82. The van der Waals surface area contributed by atoms with E-state index in [-0.39, 0.29) is 25.1 Å². The van der Waals surface area contributed by atoms with Gasteiger partial charge in [0, 0.05) is 19.0 Å². The highest BCUT2D eigenvalue weighted by Crippen LogP contribution is 2.28. The second kappa shape index (κ2) is 8.16. The maximum absolute atomic E-state index is 12.0. The number of aliphatic hydroxyl groups is 3. The zero-order valence-corrected chi connectivity index (χ0v) is 13.1. The third-order valence-electron chi connectivity index (χ3n) is 3.68. The number of anilines is 1. The predicted molar refractivity (Wildman–Crippen MR) is 81.6 cm³/mol. The zero-order chi connectivity index (χ0) is 18.6. The van der Waals surface area contributed by atoms with E-state index in [4.69, 9.17) is 14.9 Å². The molecule has 0 radical (unpaired) electrons. The van der Waals surface area contributed by atoms with Crippen LogP contribution in [-0.4, -0.2) is 66.8 Å².